The minimum atomic E-state index is -3.25. The predicted octanol–water partition coefficient (Wildman–Crippen LogP) is 2.34. The van der Waals surface area contributed by atoms with Gasteiger partial charge in [0, 0.05) is 16.5 Å². The Kier molecular flexibility index (Phi) is 3.98. The lowest BCUT2D eigenvalue weighted by Gasteiger charge is -2.19. The number of halogens is 3. The largest absolute Gasteiger partial charge is 0.480 e. The van der Waals surface area contributed by atoms with Gasteiger partial charge in [0.15, 0.2) is 0 Å². The molecule has 3 nitrogen and oxygen atoms in total. The standard InChI is InChI=1S/C10H10BrF2NO2/c11-7-3-1-2-6(4-7)10(12,13)5-8(14)9(15)16/h1-4,8H,5,14H2,(H,15,16). The lowest BCUT2D eigenvalue weighted by molar-refractivity contribution is -0.141. The van der Waals surface area contributed by atoms with Gasteiger partial charge in [0.1, 0.15) is 6.04 Å². The first kappa shape index (κ1) is 13.1. The zero-order valence-electron chi connectivity index (χ0n) is 8.16. The Morgan fingerprint density at radius 1 is 1.56 bits per heavy atom. The number of benzene rings is 1. The van der Waals surface area contributed by atoms with Crippen molar-refractivity contribution in [3.8, 4) is 0 Å². The van der Waals surface area contributed by atoms with Crippen LogP contribution >= 0.6 is 15.9 Å². The molecule has 0 amide bonds. The first-order valence-electron chi connectivity index (χ1n) is 4.45. The highest BCUT2D eigenvalue weighted by Crippen LogP contribution is 2.33. The summed E-state index contributed by atoms with van der Waals surface area (Å²) in [7, 11) is 0. The van der Waals surface area contributed by atoms with Crippen LogP contribution in [0.25, 0.3) is 0 Å². The molecular weight excluding hydrogens is 284 g/mol. The van der Waals surface area contributed by atoms with Crippen molar-refractivity contribution in [2.45, 2.75) is 18.4 Å². The fraction of sp³-hybridized carbons (Fsp3) is 0.300. The number of carboxylic acids is 1. The normalized spacial score (nSPS) is 13.5. The van der Waals surface area contributed by atoms with Gasteiger partial charge in [0.2, 0.25) is 0 Å². The van der Waals surface area contributed by atoms with Gasteiger partial charge in [0.25, 0.3) is 5.92 Å². The van der Waals surface area contributed by atoms with Gasteiger partial charge in [0.05, 0.1) is 0 Å². The highest BCUT2D eigenvalue weighted by Gasteiger charge is 2.36. The van der Waals surface area contributed by atoms with Gasteiger partial charge in [-0.25, -0.2) is 8.78 Å². The van der Waals surface area contributed by atoms with E-state index in [9.17, 15) is 13.6 Å². The van der Waals surface area contributed by atoms with Crippen molar-refractivity contribution in [3.05, 3.63) is 34.3 Å². The molecule has 0 radical (unpaired) electrons. The average molecular weight is 294 g/mol. The number of alkyl halides is 2. The van der Waals surface area contributed by atoms with E-state index >= 15 is 0 Å². The Balaban J connectivity index is 2.89. The molecule has 1 rings (SSSR count). The Morgan fingerprint density at radius 2 is 2.19 bits per heavy atom. The molecule has 1 atom stereocenters. The van der Waals surface area contributed by atoms with Crippen LogP contribution in [0.15, 0.2) is 28.7 Å². The Bertz CT molecular complexity index is 398. The van der Waals surface area contributed by atoms with Gasteiger partial charge in [-0.15, -0.1) is 0 Å². The third kappa shape index (κ3) is 3.24. The highest BCUT2D eigenvalue weighted by atomic mass is 79.9. The summed E-state index contributed by atoms with van der Waals surface area (Å²) in [4.78, 5) is 10.4. The molecule has 1 aromatic rings. The molecule has 0 bridgehead atoms. The SMILES string of the molecule is NC(CC(F)(F)c1cccc(Br)c1)C(=O)O. The van der Waals surface area contributed by atoms with E-state index in [-0.39, 0.29) is 5.56 Å². The second-order valence-corrected chi connectivity index (χ2v) is 4.28. The molecule has 88 valence electrons. The van der Waals surface area contributed by atoms with Crippen LogP contribution in [0, 0.1) is 0 Å². The summed E-state index contributed by atoms with van der Waals surface area (Å²) in [6, 6.07) is 3.97. The first-order chi connectivity index (χ1) is 7.33. The van der Waals surface area contributed by atoms with Crippen molar-refractivity contribution >= 4 is 21.9 Å². The molecule has 0 spiro atoms. The molecule has 0 aliphatic rings. The molecule has 0 aliphatic carbocycles. The zero-order valence-corrected chi connectivity index (χ0v) is 9.75. The molecule has 1 unspecified atom stereocenters. The van der Waals surface area contributed by atoms with Crippen molar-refractivity contribution in [3.63, 3.8) is 0 Å². The lowest BCUT2D eigenvalue weighted by atomic mass is 10.0. The number of aliphatic carboxylic acids is 1. The molecule has 6 heteroatoms. The maximum absolute atomic E-state index is 13.6. The Morgan fingerprint density at radius 3 is 2.69 bits per heavy atom. The molecule has 1 aromatic carbocycles. The van der Waals surface area contributed by atoms with Crippen LogP contribution < -0.4 is 5.73 Å². The van der Waals surface area contributed by atoms with Crippen LogP contribution in [-0.4, -0.2) is 17.1 Å². The second kappa shape index (κ2) is 4.88. The average Bonchev–Trinajstić information content (AvgIpc) is 2.17. The molecule has 0 aliphatic heterocycles. The minimum absolute atomic E-state index is 0.251. The maximum atomic E-state index is 13.6. The van der Waals surface area contributed by atoms with Crippen LogP contribution in [0.3, 0.4) is 0 Å². The summed E-state index contributed by atoms with van der Waals surface area (Å²) in [5.74, 6) is -4.68. The number of carboxylic acid groups (broad SMARTS) is 1. The number of carbonyl (C=O) groups is 1. The van der Waals surface area contributed by atoms with E-state index in [1.165, 1.54) is 18.2 Å². The molecule has 0 saturated heterocycles. The first-order valence-corrected chi connectivity index (χ1v) is 5.24. The summed E-state index contributed by atoms with van der Waals surface area (Å²) in [5, 5.41) is 8.48. The van der Waals surface area contributed by atoms with Gasteiger partial charge >= 0.3 is 5.97 Å². The molecule has 0 heterocycles. The Hall–Kier alpha value is -1.01. The summed E-state index contributed by atoms with van der Waals surface area (Å²) in [6.45, 7) is 0. The molecule has 3 N–H and O–H groups in total. The molecule has 0 fully saturated rings. The van der Waals surface area contributed by atoms with Crippen LogP contribution in [0.5, 0.6) is 0 Å². The third-order valence-electron chi connectivity index (χ3n) is 2.04. The summed E-state index contributed by atoms with van der Waals surface area (Å²) in [5.41, 5.74) is 4.84. The minimum Gasteiger partial charge on any atom is -0.480 e. The van der Waals surface area contributed by atoms with Crippen LogP contribution in [-0.2, 0) is 10.7 Å². The molecule has 0 saturated carbocycles. The zero-order chi connectivity index (χ0) is 12.3. The molecule has 16 heavy (non-hydrogen) atoms. The van der Waals surface area contributed by atoms with Crippen LogP contribution in [0.2, 0.25) is 0 Å². The second-order valence-electron chi connectivity index (χ2n) is 3.36. The lowest BCUT2D eigenvalue weighted by Crippen LogP contribution is -2.35. The number of hydrogen-bond acceptors (Lipinski definition) is 2. The quantitative estimate of drug-likeness (QED) is 0.896. The highest BCUT2D eigenvalue weighted by molar-refractivity contribution is 9.10. The van der Waals surface area contributed by atoms with Crippen molar-refractivity contribution < 1.29 is 18.7 Å². The van der Waals surface area contributed by atoms with Crippen molar-refractivity contribution in [2.75, 3.05) is 0 Å². The number of hydrogen-bond donors (Lipinski definition) is 2. The van der Waals surface area contributed by atoms with E-state index in [0.717, 1.165) is 0 Å². The van der Waals surface area contributed by atoms with Crippen molar-refractivity contribution in [1.82, 2.24) is 0 Å². The van der Waals surface area contributed by atoms with Gasteiger partial charge in [-0.2, -0.15) is 0 Å². The van der Waals surface area contributed by atoms with Crippen LogP contribution in [0.1, 0.15) is 12.0 Å². The maximum Gasteiger partial charge on any atom is 0.320 e. The number of nitrogens with two attached hydrogens (primary N) is 1. The predicted molar refractivity (Wildman–Crippen MR) is 58.3 cm³/mol. The van der Waals surface area contributed by atoms with E-state index in [4.69, 9.17) is 10.8 Å². The van der Waals surface area contributed by atoms with Gasteiger partial charge in [-0.3, -0.25) is 4.79 Å². The van der Waals surface area contributed by atoms with Crippen molar-refractivity contribution in [2.24, 2.45) is 5.73 Å². The van der Waals surface area contributed by atoms with E-state index in [1.807, 2.05) is 0 Å². The van der Waals surface area contributed by atoms with Crippen molar-refractivity contribution in [1.29, 1.82) is 0 Å². The van der Waals surface area contributed by atoms with Gasteiger partial charge in [-0.1, -0.05) is 28.1 Å². The monoisotopic (exact) mass is 293 g/mol. The third-order valence-corrected chi connectivity index (χ3v) is 2.53. The van der Waals surface area contributed by atoms with Gasteiger partial charge < -0.3 is 10.8 Å². The van der Waals surface area contributed by atoms with Crippen LogP contribution in [0.4, 0.5) is 8.78 Å². The number of rotatable bonds is 4. The summed E-state index contributed by atoms with van der Waals surface area (Å²) >= 11 is 3.07. The van der Waals surface area contributed by atoms with E-state index < -0.39 is 24.4 Å². The summed E-state index contributed by atoms with van der Waals surface area (Å²) in [6.07, 6.45) is -0.918. The fourth-order valence-corrected chi connectivity index (χ4v) is 1.60. The molecule has 0 aromatic heterocycles. The fourth-order valence-electron chi connectivity index (χ4n) is 1.20. The Labute approximate surface area is 99.4 Å². The van der Waals surface area contributed by atoms with E-state index in [2.05, 4.69) is 15.9 Å². The smallest absolute Gasteiger partial charge is 0.320 e. The van der Waals surface area contributed by atoms with Gasteiger partial charge in [-0.05, 0) is 12.1 Å². The van der Waals surface area contributed by atoms with E-state index in [0.29, 0.717) is 4.47 Å². The topological polar surface area (TPSA) is 63.3 Å². The molecular formula is C10H10BrF2NO2. The summed E-state index contributed by atoms with van der Waals surface area (Å²) < 4.78 is 27.7. The van der Waals surface area contributed by atoms with E-state index in [1.54, 1.807) is 6.07 Å².